The number of nitrogens with zero attached hydrogens (tertiary/aromatic N) is 4. The second-order valence-corrected chi connectivity index (χ2v) is 6.55. The molecule has 0 aliphatic carbocycles. The van der Waals surface area contributed by atoms with Crippen LogP contribution in [0.5, 0.6) is 5.88 Å². The van der Waals surface area contributed by atoms with Crippen molar-refractivity contribution in [2.24, 2.45) is 0 Å². The molecular formula is C11H9F3N4O4S2. The van der Waals surface area contributed by atoms with Crippen LogP contribution in [-0.2, 0) is 16.7 Å². The molecule has 0 saturated carbocycles. The van der Waals surface area contributed by atoms with E-state index >= 15 is 0 Å². The second kappa shape index (κ2) is 6.76. The third-order valence-corrected chi connectivity index (χ3v) is 4.08. The van der Waals surface area contributed by atoms with E-state index in [2.05, 4.69) is 19.1 Å². The van der Waals surface area contributed by atoms with E-state index in [4.69, 9.17) is 0 Å². The van der Waals surface area contributed by atoms with Gasteiger partial charge in [0.25, 0.3) is 0 Å². The normalized spacial score (nSPS) is 12.2. The predicted octanol–water partition coefficient (Wildman–Crippen LogP) is 1.03. The van der Waals surface area contributed by atoms with Gasteiger partial charge >= 0.3 is 21.3 Å². The molecule has 0 N–H and O–H groups in total. The van der Waals surface area contributed by atoms with Gasteiger partial charge < -0.3 is 4.18 Å². The van der Waals surface area contributed by atoms with Gasteiger partial charge in [0.05, 0.1) is 6.54 Å². The van der Waals surface area contributed by atoms with E-state index in [1.807, 2.05) is 0 Å². The molecule has 2 rings (SSSR count). The van der Waals surface area contributed by atoms with E-state index in [0.717, 1.165) is 16.8 Å². The Bertz CT molecular complexity index is 881. The highest BCUT2D eigenvalue weighted by molar-refractivity contribution is 7.98. The van der Waals surface area contributed by atoms with Gasteiger partial charge in [-0.05, 0) is 11.8 Å². The minimum atomic E-state index is -5.78. The van der Waals surface area contributed by atoms with Crippen molar-refractivity contribution in [2.45, 2.75) is 17.2 Å². The van der Waals surface area contributed by atoms with Crippen LogP contribution in [0.4, 0.5) is 13.2 Å². The van der Waals surface area contributed by atoms with E-state index in [1.165, 1.54) is 24.2 Å². The van der Waals surface area contributed by atoms with Crippen molar-refractivity contribution in [3.05, 3.63) is 40.7 Å². The summed E-state index contributed by atoms with van der Waals surface area (Å²) >= 11 is 1.19. The van der Waals surface area contributed by atoms with Crippen LogP contribution in [0, 0.1) is 0 Å². The summed E-state index contributed by atoms with van der Waals surface area (Å²) < 4.78 is 63.3. The van der Waals surface area contributed by atoms with Crippen molar-refractivity contribution in [1.29, 1.82) is 0 Å². The standard InChI is InChI=1S/C11H9F3N4O4S2/c1-23-9-16-6-18(10(19)17-9)5-7-2-3-8(15-4-7)22-24(20,21)11(12,13)14/h2-4,6H,5H2,1H3. The molecule has 0 aliphatic heterocycles. The van der Waals surface area contributed by atoms with Crippen LogP contribution in [0.2, 0.25) is 0 Å². The summed E-state index contributed by atoms with van der Waals surface area (Å²) in [6.45, 7) is 0.00674. The molecule has 0 fully saturated rings. The average molecular weight is 382 g/mol. The number of hydrogen-bond donors (Lipinski definition) is 0. The molecule has 13 heteroatoms. The van der Waals surface area contributed by atoms with E-state index in [0.29, 0.717) is 10.7 Å². The molecule has 0 atom stereocenters. The SMILES string of the molecule is CSc1ncn(Cc2ccc(OS(=O)(=O)C(F)(F)F)nc2)c(=O)n1. The van der Waals surface area contributed by atoms with Gasteiger partial charge in [-0.2, -0.15) is 26.6 Å². The number of halogens is 3. The molecule has 0 aliphatic rings. The van der Waals surface area contributed by atoms with Gasteiger partial charge in [-0.1, -0.05) is 17.8 Å². The van der Waals surface area contributed by atoms with E-state index in [1.54, 1.807) is 6.26 Å². The highest BCUT2D eigenvalue weighted by Crippen LogP contribution is 2.25. The van der Waals surface area contributed by atoms with E-state index < -0.39 is 27.2 Å². The highest BCUT2D eigenvalue weighted by Gasteiger charge is 2.48. The molecule has 0 unspecified atom stereocenters. The third-order valence-electron chi connectivity index (χ3n) is 2.56. The highest BCUT2D eigenvalue weighted by atomic mass is 32.2. The van der Waals surface area contributed by atoms with Gasteiger partial charge in [-0.25, -0.2) is 14.8 Å². The summed E-state index contributed by atoms with van der Waals surface area (Å²) in [4.78, 5) is 22.8. The minimum absolute atomic E-state index is 0.00674. The predicted molar refractivity (Wildman–Crippen MR) is 77.0 cm³/mol. The van der Waals surface area contributed by atoms with E-state index in [9.17, 15) is 26.4 Å². The van der Waals surface area contributed by atoms with Crippen LogP contribution in [0.1, 0.15) is 5.56 Å². The smallest absolute Gasteiger partial charge is 0.355 e. The molecule has 8 nitrogen and oxygen atoms in total. The first kappa shape index (κ1) is 18.2. The monoisotopic (exact) mass is 382 g/mol. The van der Waals surface area contributed by atoms with E-state index in [-0.39, 0.29) is 6.54 Å². The summed E-state index contributed by atoms with van der Waals surface area (Å²) in [5.74, 6) is -0.739. The number of thioether (sulfide) groups is 1. The van der Waals surface area contributed by atoms with Crippen LogP contribution >= 0.6 is 11.8 Å². The van der Waals surface area contributed by atoms with Crippen molar-refractivity contribution >= 4 is 21.9 Å². The van der Waals surface area contributed by atoms with Crippen molar-refractivity contribution in [1.82, 2.24) is 19.5 Å². The quantitative estimate of drug-likeness (QED) is 0.429. The lowest BCUT2D eigenvalue weighted by atomic mass is 10.3. The molecule has 2 aromatic rings. The summed E-state index contributed by atoms with van der Waals surface area (Å²) in [5.41, 5.74) is -5.69. The van der Waals surface area contributed by atoms with Crippen LogP contribution in [0.25, 0.3) is 0 Å². The lowest BCUT2D eigenvalue weighted by Crippen LogP contribution is -2.28. The fourth-order valence-electron chi connectivity index (χ4n) is 1.46. The van der Waals surface area contributed by atoms with Crippen LogP contribution in [0.15, 0.2) is 34.6 Å². The maximum absolute atomic E-state index is 12.2. The maximum atomic E-state index is 12.2. The van der Waals surface area contributed by atoms with Gasteiger partial charge in [0.1, 0.15) is 6.33 Å². The average Bonchev–Trinajstić information content (AvgIpc) is 2.49. The van der Waals surface area contributed by atoms with Crippen molar-refractivity contribution in [2.75, 3.05) is 6.26 Å². The molecule has 0 amide bonds. The second-order valence-electron chi connectivity index (χ2n) is 4.24. The summed E-state index contributed by atoms with van der Waals surface area (Å²) in [5, 5.41) is 0.301. The van der Waals surface area contributed by atoms with Crippen LogP contribution in [-0.4, -0.2) is 39.7 Å². The molecule has 2 heterocycles. The molecule has 0 aromatic carbocycles. The van der Waals surface area contributed by atoms with Gasteiger partial charge in [-0.15, -0.1) is 0 Å². The first-order valence-electron chi connectivity index (χ1n) is 6.05. The summed E-state index contributed by atoms with van der Waals surface area (Å²) in [6.07, 6.45) is 4.05. The number of pyridine rings is 1. The largest absolute Gasteiger partial charge is 0.534 e. The van der Waals surface area contributed by atoms with Gasteiger partial charge in [-0.3, -0.25) is 4.57 Å². The Morgan fingerprint density at radius 2 is 2.00 bits per heavy atom. The maximum Gasteiger partial charge on any atom is 0.534 e. The van der Waals surface area contributed by atoms with Gasteiger partial charge in [0.2, 0.25) is 5.88 Å². The Hall–Kier alpha value is -2.15. The third kappa shape index (κ3) is 4.23. The first-order valence-corrected chi connectivity index (χ1v) is 8.69. The van der Waals surface area contributed by atoms with Crippen LogP contribution in [0.3, 0.4) is 0 Å². The van der Waals surface area contributed by atoms with Crippen molar-refractivity contribution in [3.63, 3.8) is 0 Å². The zero-order valence-corrected chi connectivity index (χ0v) is 13.5. The Balaban J connectivity index is 2.14. The van der Waals surface area contributed by atoms with Crippen molar-refractivity contribution < 1.29 is 25.8 Å². The molecule has 0 saturated heterocycles. The van der Waals surface area contributed by atoms with Gasteiger partial charge in [0.15, 0.2) is 5.16 Å². The molecule has 0 radical (unpaired) electrons. The lowest BCUT2D eigenvalue weighted by molar-refractivity contribution is -0.0501. The Morgan fingerprint density at radius 1 is 1.29 bits per heavy atom. The fraction of sp³-hybridized carbons (Fsp3) is 0.273. The lowest BCUT2D eigenvalue weighted by Gasteiger charge is -2.09. The van der Waals surface area contributed by atoms with Crippen LogP contribution < -0.4 is 9.87 Å². The Labute approximate surface area is 137 Å². The molecular weight excluding hydrogens is 373 g/mol. The fourth-order valence-corrected chi connectivity index (χ4v) is 2.20. The number of rotatable bonds is 5. The zero-order chi connectivity index (χ0) is 18.0. The molecule has 2 aromatic heterocycles. The summed E-state index contributed by atoms with van der Waals surface area (Å²) in [6, 6.07) is 2.21. The number of hydrogen-bond acceptors (Lipinski definition) is 8. The Morgan fingerprint density at radius 3 is 2.50 bits per heavy atom. The van der Waals surface area contributed by atoms with Crippen molar-refractivity contribution in [3.8, 4) is 5.88 Å². The molecule has 130 valence electrons. The minimum Gasteiger partial charge on any atom is -0.355 e. The zero-order valence-electron chi connectivity index (χ0n) is 11.9. The number of aromatic nitrogens is 4. The first-order chi connectivity index (χ1) is 11.1. The number of alkyl halides is 3. The molecule has 24 heavy (non-hydrogen) atoms. The summed E-state index contributed by atoms with van der Waals surface area (Å²) in [7, 11) is -5.78. The van der Waals surface area contributed by atoms with Gasteiger partial charge in [0, 0.05) is 12.3 Å². The Kier molecular flexibility index (Phi) is 5.13. The molecule has 0 spiro atoms. The molecule has 0 bridgehead atoms. The topological polar surface area (TPSA) is 104 Å².